The molecule has 2 N–H and O–H groups in total. The van der Waals surface area contributed by atoms with Gasteiger partial charge in [0.15, 0.2) is 11.5 Å². The second-order valence-corrected chi connectivity index (χ2v) is 8.23. The van der Waals surface area contributed by atoms with Crippen molar-refractivity contribution in [2.45, 2.75) is 31.7 Å². The monoisotopic (exact) mass is 490 g/mol. The number of alkyl halides is 3. The maximum Gasteiger partial charge on any atom is 0.573 e. The first-order valence-corrected chi connectivity index (χ1v) is 10.9. The molecular formula is C22H18ClF3N6O2. The zero-order valence-corrected chi connectivity index (χ0v) is 18.3. The molecule has 0 radical (unpaired) electrons. The number of ether oxygens (including phenoxy) is 1. The lowest BCUT2D eigenvalue weighted by Crippen LogP contribution is -2.38. The van der Waals surface area contributed by atoms with Crippen molar-refractivity contribution in [1.29, 1.82) is 0 Å². The minimum atomic E-state index is -4.91. The fourth-order valence-electron chi connectivity index (χ4n) is 3.89. The lowest BCUT2D eigenvalue weighted by molar-refractivity contribution is -0.274. The molecule has 0 aliphatic carbocycles. The number of nitrogens with one attached hydrogen (secondary N) is 2. The van der Waals surface area contributed by atoms with Gasteiger partial charge in [0.25, 0.3) is 0 Å². The van der Waals surface area contributed by atoms with E-state index in [0.29, 0.717) is 29.5 Å². The fraction of sp³-hybridized carbons (Fsp3) is 0.273. The molecule has 0 saturated carbocycles. The number of hydrogen-bond acceptors (Lipinski definition) is 6. The molecule has 3 heterocycles. The van der Waals surface area contributed by atoms with Gasteiger partial charge in [-0.25, -0.2) is 9.97 Å². The third kappa shape index (κ3) is 4.43. The van der Waals surface area contributed by atoms with Crippen LogP contribution in [0.4, 0.5) is 19.1 Å². The number of benzene rings is 2. The van der Waals surface area contributed by atoms with E-state index in [0.717, 1.165) is 18.9 Å². The molecule has 1 fully saturated rings. The quantitative estimate of drug-likeness (QED) is 0.435. The van der Waals surface area contributed by atoms with E-state index < -0.39 is 18.2 Å². The molecule has 176 valence electrons. The van der Waals surface area contributed by atoms with Crippen LogP contribution in [-0.4, -0.2) is 44.4 Å². The average molecular weight is 491 g/mol. The Morgan fingerprint density at radius 3 is 2.79 bits per heavy atom. The van der Waals surface area contributed by atoms with Crippen LogP contribution in [-0.2, 0) is 4.79 Å². The summed E-state index contributed by atoms with van der Waals surface area (Å²) in [5, 5.41) is 11.2. The van der Waals surface area contributed by atoms with Gasteiger partial charge in [-0.1, -0.05) is 23.7 Å². The molecule has 2 aromatic heterocycles. The Kier molecular flexibility index (Phi) is 5.64. The zero-order chi connectivity index (χ0) is 23.9. The maximum absolute atomic E-state index is 13.0. The Morgan fingerprint density at radius 2 is 1.97 bits per heavy atom. The van der Waals surface area contributed by atoms with Gasteiger partial charge in [-0.15, -0.1) is 18.3 Å². The molecule has 1 amide bonds. The van der Waals surface area contributed by atoms with Crippen LogP contribution in [0.25, 0.3) is 27.9 Å². The molecule has 1 saturated heterocycles. The Balaban J connectivity index is 1.67. The van der Waals surface area contributed by atoms with Gasteiger partial charge in [0, 0.05) is 17.0 Å². The van der Waals surface area contributed by atoms with Crippen molar-refractivity contribution in [2.75, 3.05) is 11.9 Å². The molecular weight excluding hydrogens is 473 g/mol. The number of fused-ring (bicyclic) bond motifs is 3. The second-order valence-electron chi connectivity index (χ2n) is 7.80. The van der Waals surface area contributed by atoms with Crippen molar-refractivity contribution in [2.24, 2.45) is 0 Å². The number of nitrogens with zero attached hydrogens (tertiary/aromatic N) is 4. The first kappa shape index (κ1) is 22.2. The SMILES string of the molecule is O=C1NCCCC[C@@H]1Nc1nc2ccccc2c2nc(-c3cc(Cl)ccc3OC(F)(F)F)nn12. The van der Waals surface area contributed by atoms with Gasteiger partial charge in [-0.2, -0.15) is 4.52 Å². The van der Waals surface area contributed by atoms with E-state index in [9.17, 15) is 18.0 Å². The van der Waals surface area contributed by atoms with E-state index in [4.69, 9.17) is 11.6 Å². The van der Waals surface area contributed by atoms with Crippen molar-refractivity contribution in [1.82, 2.24) is 24.9 Å². The Labute approximate surface area is 196 Å². The van der Waals surface area contributed by atoms with Gasteiger partial charge < -0.3 is 15.4 Å². The molecule has 5 rings (SSSR count). The van der Waals surface area contributed by atoms with Gasteiger partial charge in [0.1, 0.15) is 11.8 Å². The highest BCUT2D eigenvalue weighted by molar-refractivity contribution is 6.30. The van der Waals surface area contributed by atoms with Crippen molar-refractivity contribution < 1.29 is 22.7 Å². The second kappa shape index (κ2) is 8.64. The summed E-state index contributed by atoms with van der Waals surface area (Å²) in [4.78, 5) is 21.6. The van der Waals surface area contributed by atoms with Crippen LogP contribution in [0.15, 0.2) is 42.5 Å². The van der Waals surface area contributed by atoms with Crippen LogP contribution >= 0.6 is 11.6 Å². The number of halogens is 4. The van der Waals surface area contributed by atoms with Crippen LogP contribution in [0.1, 0.15) is 19.3 Å². The Hall–Kier alpha value is -3.60. The van der Waals surface area contributed by atoms with Gasteiger partial charge in [0.05, 0.1) is 11.1 Å². The molecule has 34 heavy (non-hydrogen) atoms. The molecule has 12 heteroatoms. The number of hydrogen-bond donors (Lipinski definition) is 2. The number of carbonyl (C=O) groups is 1. The summed E-state index contributed by atoms with van der Waals surface area (Å²) in [7, 11) is 0. The summed E-state index contributed by atoms with van der Waals surface area (Å²) < 4.78 is 44.5. The van der Waals surface area contributed by atoms with E-state index in [-0.39, 0.29) is 28.3 Å². The highest BCUT2D eigenvalue weighted by atomic mass is 35.5. The lowest BCUT2D eigenvalue weighted by Gasteiger charge is -2.16. The predicted molar refractivity (Wildman–Crippen MR) is 120 cm³/mol. The summed E-state index contributed by atoms with van der Waals surface area (Å²) in [6.07, 6.45) is -2.60. The lowest BCUT2D eigenvalue weighted by atomic mass is 10.1. The summed E-state index contributed by atoms with van der Waals surface area (Å²) in [5.74, 6) is -0.428. The number of carbonyl (C=O) groups excluding carboxylic acids is 1. The largest absolute Gasteiger partial charge is 0.573 e. The van der Waals surface area contributed by atoms with Crippen LogP contribution in [0, 0.1) is 0 Å². The summed E-state index contributed by atoms with van der Waals surface area (Å²) in [6, 6.07) is 10.3. The van der Waals surface area contributed by atoms with Gasteiger partial charge >= 0.3 is 6.36 Å². The highest BCUT2D eigenvalue weighted by Crippen LogP contribution is 2.35. The van der Waals surface area contributed by atoms with Crippen molar-refractivity contribution in [3.8, 4) is 17.1 Å². The smallest absolute Gasteiger partial charge is 0.405 e. The highest BCUT2D eigenvalue weighted by Gasteiger charge is 2.33. The summed E-state index contributed by atoms with van der Waals surface area (Å²) in [6.45, 7) is 0.599. The average Bonchev–Trinajstić information content (AvgIpc) is 3.14. The molecule has 8 nitrogen and oxygen atoms in total. The molecule has 2 aromatic carbocycles. The van der Waals surface area contributed by atoms with Crippen molar-refractivity contribution in [3.05, 3.63) is 47.5 Å². The third-order valence-corrected chi connectivity index (χ3v) is 5.66. The molecule has 1 atom stereocenters. The molecule has 4 aromatic rings. The minimum absolute atomic E-state index is 0.0317. The first-order valence-electron chi connectivity index (χ1n) is 10.5. The Morgan fingerprint density at radius 1 is 1.15 bits per heavy atom. The van der Waals surface area contributed by atoms with Crippen LogP contribution in [0.2, 0.25) is 5.02 Å². The molecule has 0 bridgehead atoms. The van der Waals surface area contributed by atoms with Gasteiger partial charge in [-0.3, -0.25) is 4.79 Å². The number of aromatic nitrogens is 4. The fourth-order valence-corrected chi connectivity index (χ4v) is 4.06. The van der Waals surface area contributed by atoms with Crippen LogP contribution in [0.5, 0.6) is 5.75 Å². The maximum atomic E-state index is 13.0. The normalized spacial score (nSPS) is 16.9. The third-order valence-electron chi connectivity index (χ3n) is 5.43. The number of anilines is 1. The zero-order valence-electron chi connectivity index (χ0n) is 17.6. The number of amides is 1. The van der Waals surface area contributed by atoms with Crippen LogP contribution in [0.3, 0.4) is 0 Å². The number of para-hydroxylation sites is 1. The molecule has 1 aliphatic rings. The topological polar surface area (TPSA) is 93.4 Å². The van der Waals surface area contributed by atoms with E-state index in [2.05, 4.69) is 30.4 Å². The molecule has 0 spiro atoms. The van der Waals surface area contributed by atoms with E-state index in [1.54, 1.807) is 24.3 Å². The van der Waals surface area contributed by atoms with E-state index in [1.807, 2.05) is 0 Å². The number of rotatable bonds is 4. The van der Waals surface area contributed by atoms with Crippen molar-refractivity contribution in [3.63, 3.8) is 0 Å². The standard InChI is InChI=1S/C22H18ClF3N6O2/c23-12-8-9-17(34-22(24,25)26)14(11-12)18-30-19-13-5-1-2-6-15(13)28-21(32(19)31-18)29-16-7-3-4-10-27-20(16)33/h1-2,5-6,8-9,11,16H,3-4,7,10H2,(H,27,33)(H,28,29)/t16-/m0/s1. The summed E-state index contributed by atoms with van der Waals surface area (Å²) >= 11 is 6.06. The van der Waals surface area contributed by atoms with E-state index >= 15 is 0 Å². The van der Waals surface area contributed by atoms with E-state index in [1.165, 1.54) is 16.6 Å². The summed E-state index contributed by atoms with van der Waals surface area (Å²) in [5.41, 5.74) is 0.911. The predicted octanol–water partition coefficient (Wildman–Crippen LogP) is 4.58. The Bertz CT molecular complexity index is 1390. The van der Waals surface area contributed by atoms with Gasteiger partial charge in [0.2, 0.25) is 11.9 Å². The van der Waals surface area contributed by atoms with Crippen LogP contribution < -0.4 is 15.4 Å². The first-order chi connectivity index (χ1) is 16.3. The van der Waals surface area contributed by atoms with Gasteiger partial charge in [-0.05, 0) is 49.6 Å². The van der Waals surface area contributed by atoms with Crippen molar-refractivity contribution >= 4 is 40.0 Å². The minimum Gasteiger partial charge on any atom is -0.405 e. The molecule has 1 aliphatic heterocycles. The molecule has 0 unspecified atom stereocenters.